The van der Waals surface area contributed by atoms with Crippen molar-refractivity contribution in [3.05, 3.63) is 18.0 Å². The highest BCUT2D eigenvalue weighted by Crippen LogP contribution is 2.26. The maximum absolute atomic E-state index is 11.4. The molecule has 1 fully saturated rings. The molecular formula is C15H28N6O2S. The zero-order valence-corrected chi connectivity index (χ0v) is 15.5. The van der Waals surface area contributed by atoms with Crippen LogP contribution in [-0.4, -0.2) is 67.5 Å². The van der Waals surface area contributed by atoms with Gasteiger partial charge in [0.25, 0.3) is 0 Å². The largest absolute Gasteiger partial charge is 0.357 e. The van der Waals surface area contributed by atoms with E-state index in [0.29, 0.717) is 19.0 Å². The van der Waals surface area contributed by atoms with Crippen LogP contribution in [0, 0.1) is 0 Å². The molecule has 1 unspecified atom stereocenters. The van der Waals surface area contributed by atoms with Gasteiger partial charge in [-0.05, 0) is 25.8 Å². The van der Waals surface area contributed by atoms with E-state index in [1.807, 2.05) is 24.9 Å². The summed E-state index contributed by atoms with van der Waals surface area (Å²) in [5.41, 5.74) is 1.26. The van der Waals surface area contributed by atoms with Crippen LogP contribution in [0.2, 0.25) is 0 Å². The van der Waals surface area contributed by atoms with Crippen LogP contribution in [0.3, 0.4) is 0 Å². The number of aliphatic imine (C=N–C) groups is 1. The van der Waals surface area contributed by atoms with E-state index in [-0.39, 0.29) is 5.75 Å². The molecule has 0 bridgehead atoms. The smallest absolute Gasteiger partial charge is 0.211 e. The maximum atomic E-state index is 11.4. The third kappa shape index (κ3) is 5.20. The molecule has 0 aromatic carbocycles. The molecule has 136 valence electrons. The molecule has 9 heteroatoms. The van der Waals surface area contributed by atoms with Gasteiger partial charge < -0.3 is 10.2 Å². The Bertz CT molecular complexity index is 655. The van der Waals surface area contributed by atoms with Gasteiger partial charge in [-0.2, -0.15) is 5.10 Å². The summed E-state index contributed by atoms with van der Waals surface area (Å²) < 4.78 is 27.2. The molecule has 1 aliphatic rings. The number of aryl methyl sites for hydroxylation is 1. The van der Waals surface area contributed by atoms with Gasteiger partial charge in [0.1, 0.15) is 0 Å². The summed E-state index contributed by atoms with van der Waals surface area (Å²) >= 11 is 0. The van der Waals surface area contributed by atoms with Gasteiger partial charge in [-0.3, -0.25) is 9.67 Å². The fraction of sp³-hybridized carbons (Fsp3) is 0.733. The molecule has 1 aromatic heterocycles. The minimum atomic E-state index is -3.15. The first-order valence-corrected chi connectivity index (χ1v) is 10.1. The van der Waals surface area contributed by atoms with Crippen LogP contribution in [0.5, 0.6) is 0 Å². The second kappa shape index (κ2) is 8.48. The molecule has 0 amide bonds. The van der Waals surface area contributed by atoms with Crippen molar-refractivity contribution in [2.45, 2.75) is 26.2 Å². The first kappa shape index (κ1) is 18.7. The number of sulfonamides is 1. The Morgan fingerprint density at radius 2 is 2.25 bits per heavy atom. The van der Waals surface area contributed by atoms with Gasteiger partial charge in [-0.1, -0.05) is 0 Å². The summed E-state index contributed by atoms with van der Waals surface area (Å²) in [6.45, 7) is 7.03. The fourth-order valence-corrected chi connectivity index (χ4v) is 3.37. The Hall–Kier alpha value is -1.61. The van der Waals surface area contributed by atoms with Crippen LogP contribution >= 0.6 is 0 Å². The molecule has 1 atom stereocenters. The third-order valence-corrected chi connectivity index (χ3v) is 5.50. The number of hydrogen-bond donors (Lipinski definition) is 2. The Labute approximate surface area is 144 Å². The molecular weight excluding hydrogens is 328 g/mol. The van der Waals surface area contributed by atoms with E-state index in [0.717, 1.165) is 32.0 Å². The Kier molecular flexibility index (Phi) is 6.61. The fourth-order valence-electron chi connectivity index (χ4n) is 2.77. The van der Waals surface area contributed by atoms with E-state index in [9.17, 15) is 8.42 Å². The lowest BCUT2D eigenvalue weighted by molar-refractivity contribution is 0.486. The van der Waals surface area contributed by atoms with Gasteiger partial charge >= 0.3 is 0 Å². The zero-order chi connectivity index (χ0) is 17.6. The topological polar surface area (TPSA) is 91.6 Å². The lowest BCUT2D eigenvalue weighted by Gasteiger charge is -2.21. The highest BCUT2D eigenvalue weighted by Gasteiger charge is 2.26. The SMILES string of the molecule is CCNC(=NCCNS(=O)(=O)CC)N1CCC(c2cnn(C)c2)C1. The summed E-state index contributed by atoms with van der Waals surface area (Å²) in [7, 11) is -1.22. The molecule has 1 aliphatic heterocycles. The van der Waals surface area contributed by atoms with Crippen molar-refractivity contribution in [2.24, 2.45) is 12.0 Å². The minimum Gasteiger partial charge on any atom is -0.357 e. The average Bonchev–Trinajstić information content (AvgIpc) is 3.19. The van der Waals surface area contributed by atoms with Crippen LogP contribution in [0.25, 0.3) is 0 Å². The van der Waals surface area contributed by atoms with Gasteiger partial charge in [0.2, 0.25) is 10.0 Å². The Morgan fingerprint density at radius 1 is 1.46 bits per heavy atom. The molecule has 2 heterocycles. The van der Waals surface area contributed by atoms with E-state index in [2.05, 4.69) is 31.2 Å². The van der Waals surface area contributed by atoms with Crippen LogP contribution in [0.1, 0.15) is 31.7 Å². The van der Waals surface area contributed by atoms with Crippen molar-refractivity contribution in [1.82, 2.24) is 24.7 Å². The summed E-state index contributed by atoms with van der Waals surface area (Å²) in [4.78, 5) is 6.78. The van der Waals surface area contributed by atoms with E-state index in [4.69, 9.17) is 0 Å². The Morgan fingerprint density at radius 3 is 2.88 bits per heavy atom. The molecule has 24 heavy (non-hydrogen) atoms. The average molecular weight is 356 g/mol. The number of nitrogens with zero attached hydrogens (tertiary/aromatic N) is 4. The van der Waals surface area contributed by atoms with Gasteiger partial charge in [-0.25, -0.2) is 13.1 Å². The predicted molar refractivity (Wildman–Crippen MR) is 95.6 cm³/mol. The first-order valence-electron chi connectivity index (χ1n) is 8.44. The van der Waals surface area contributed by atoms with Gasteiger partial charge in [-0.15, -0.1) is 0 Å². The van der Waals surface area contributed by atoms with Crippen LogP contribution in [-0.2, 0) is 17.1 Å². The van der Waals surface area contributed by atoms with E-state index >= 15 is 0 Å². The second-order valence-electron chi connectivity index (χ2n) is 5.91. The number of guanidine groups is 1. The number of nitrogens with one attached hydrogen (secondary N) is 2. The number of likely N-dealkylation sites (tertiary alicyclic amines) is 1. The Balaban J connectivity index is 1.91. The normalized spacial score (nSPS) is 19.0. The van der Waals surface area contributed by atoms with Gasteiger partial charge in [0.05, 0.1) is 18.5 Å². The third-order valence-electron chi connectivity index (χ3n) is 4.09. The highest BCUT2D eigenvalue weighted by molar-refractivity contribution is 7.89. The maximum Gasteiger partial charge on any atom is 0.211 e. The van der Waals surface area contributed by atoms with Crippen molar-refractivity contribution in [2.75, 3.05) is 38.5 Å². The van der Waals surface area contributed by atoms with Crippen molar-refractivity contribution in [1.29, 1.82) is 0 Å². The monoisotopic (exact) mass is 356 g/mol. The van der Waals surface area contributed by atoms with Crippen LogP contribution in [0.15, 0.2) is 17.4 Å². The van der Waals surface area contributed by atoms with Crippen LogP contribution in [0.4, 0.5) is 0 Å². The highest BCUT2D eigenvalue weighted by atomic mass is 32.2. The van der Waals surface area contributed by atoms with Crippen molar-refractivity contribution < 1.29 is 8.42 Å². The lowest BCUT2D eigenvalue weighted by Crippen LogP contribution is -2.40. The second-order valence-corrected chi connectivity index (χ2v) is 8.01. The van der Waals surface area contributed by atoms with Gasteiger partial charge in [0.15, 0.2) is 5.96 Å². The predicted octanol–water partition coefficient (Wildman–Crippen LogP) is 0.114. The summed E-state index contributed by atoms with van der Waals surface area (Å²) in [5, 5.41) is 7.54. The van der Waals surface area contributed by atoms with Crippen LogP contribution < -0.4 is 10.0 Å². The molecule has 2 N–H and O–H groups in total. The van der Waals surface area contributed by atoms with Crippen molar-refractivity contribution >= 4 is 16.0 Å². The molecule has 0 spiro atoms. The van der Waals surface area contributed by atoms with Gasteiger partial charge in [0, 0.05) is 45.3 Å². The molecule has 8 nitrogen and oxygen atoms in total. The molecule has 1 aromatic rings. The number of rotatable bonds is 7. The minimum absolute atomic E-state index is 0.0930. The molecule has 0 aliphatic carbocycles. The summed E-state index contributed by atoms with van der Waals surface area (Å²) in [6.07, 6.45) is 5.06. The zero-order valence-electron chi connectivity index (χ0n) is 14.7. The quantitative estimate of drug-likeness (QED) is 0.411. The molecule has 0 radical (unpaired) electrons. The molecule has 2 rings (SSSR count). The first-order chi connectivity index (χ1) is 11.4. The van der Waals surface area contributed by atoms with Crippen molar-refractivity contribution in [3.63, 3.8) is 0 Å². The standard InChI is InChI=1S/C15H28N6O2S/c1-4-16-15(17-7-8-19-24(22,23)5-2)21-9-6-13(12-21)14-10-18-20(3)11-14/h10-11,13,19H,4-9,12H2,1-3H3,(H,16,17). The molecule has 1 saturated heterocycles. The summed E-state index contributed by atoms with van der Waals surface area (Å²) in [6, 6.07) is 0. The van der Waals surface area contributed by atoms with E-state index in [1.54, 1.807) is 6.92 Å². The van der Waals surface area contributed by atoms with E-state index < -0.39 is 10.0 Å². The van der Waals surface area contributed by atoms with Crippen molar-refractivity contribution in [3.8, 4) is 0 Å². The van der Waals surface area contributed by atoms with E-state index in [1.165, 1.54) is 5.56 Å². The molecule has 0 saturated carbocycles. The summed E-state index contributed by atoms with van der Waals surface area (Å²) in [5.74, 6) is 1.40. The number of aromatic nitrogens is 2. The number of hydrogen-bond acceptors (Lipinski definition) is 4. The lowest BCUT2D eigenvalue weighted by atomic mass is 10.0.